The van der Waals surface area contributed by atoms with E-state index in [0.29, 0.717) is 45.0 Å². The molecule has 2 amide bonds. The number of amides is 2. The number of benzene rings is 1. The number of aldehydes is 1. The average Bonchev–Trinajstić information content (AvgIpc) is 3.66. The summed E-state index contributed by atoms with van der Waals surface area (Å²) in [5, 5.41) is 23.3. The van der Waals surface area contributed by atoms with Crippen molar-refractivity contribution >= 4 is 40.7 Å². The zero-order chi connectivity index (χ0) is 25.8. The SMILES string of the molecule is COc1cc(C=O)cc(I)c1OC1C=C(C(=O)NCCO)CC(N(CC2CC2)C(=O)C2CCC2)C1O. The third-order valence-electron chi connectivity index (χ3n) is 7.15. The van der Waals surface area contributed by atoms with E-state index in [2.05, 4.69) is 5.32 Å². The second-order valence-electron chi connectivity index (χ2n) is 9.73. The molecule has 2 fully saturated rings. The topological polar surface area (TPSA) is 125 Å². The number of carbonyl (C=O) groups is 3. The van der Waals surface area contributed by atoms with Gasteiger partial charge in [0.15, 0.2) is 11.5 Å². The molecule has 36 heavy (non-hydrogen) atoms. The van der Waals surface area contributed by atoms with Crippen molar-refractivity contribution in [1.29, 1.82) is 0 Å². The lowest BCUT2D eigenvalue weighted by Crippen LogP contribution is -2.57. The molecule has 4 rings (SSSR count). The normalized spacial score (nSPS) is 23.8. The molecule has 2 saturated carbocycles. The molecule has 3 aliphatic carbocycles. The van der Waals surface area contributed by atoms with Gasteiger partial charge in [0.1, 0.15) is 18.5 Å². The van der Waals surface area contributed by atoms with Gasteiger partial charge in [0, 0.05) is 36.6 Å². The summed E-state index contributed by atoms with van der Waals surface area (Å²) in [6.07, 6.45) is 5.31. The van der Waals surface area contributed by atoms with Gasteiger partial charge in [-0.15, -0.1) is 0 Å². The highest BCUT2D eigenvalue weighted by Gasteiger charge is 2.44. The van der Waals surface area contributed by atoms with Crippen LogP contribution in [0.25, 0.3) is 0 Å². The summed E-state index contributed by atoms with van der Waals surface area (Å²) < 4.78 is 12.3. The molecule has 1 aromatic carbocycles. The van der Waals surface area contributed by atoms with Crippen LogP contribution in [0, 0.1) is 15.4 Å². The van der Waals surface area contributed by atoms with Crippen molar-refractivity contribution < 1.29 is 34.1 Å². The van der Waals surface area contributed by atoms with E-state index in [1.165, 1.54) is 7.11 Å². The van der Waals surface area contributed by atoms with Gasteiger partial charge in [-0.2, -0.15) is 0 Å². The van der Waals surface area contributed by atoms with Crippen LogP contribution < -0.4 is 14.8 Å². The van der Waals surface area contributed by atoms with Gasteiger partial charge in [-0.05, 0) is 72.4 Å². The summed E-state index contributed by atoms with van der Waals surface area (Å²) in [6, 6.07) is 2.58. The number of methoxy groups -OCH3 is 1. The lowest BCUT2D eigenvalue weighted by Gasteiger charge is -2.43. The van der Waals surface area contributed by atoms with Crippen LogP contribution in [0.3, 0.4) is 0 Å². The Morgan fingerprint density at radius 2 is 2.00 bits per heavy atom. The molecular weight excluding hydrogens is 579 g/mol. The summed E-state index contributed by atoms with van der Waals surface area (Å²) in [5.41, 5.74) is 0.816. The average molecular weight is 612 g/mol. The van der Waals surface area contributed by atoms with Gasteiger partial charge in [0.2, 0.25) is 11.8 Å². The van der Waals surface area contributed by atoms with Crippen molar-refractivity contribution in [1.82, 2.24) is 10.2 Å². The zero-order valence-electron chi connectivity index (χ0n) is 20.3. The Labute approximate surface area is 224 Å². The molecule has 3 atom stereocenters. The number of nitrogens with zero attached hydrogens (tertiary/aromatic N) is 1. The number of hydrogen-bond donors (Lipinski definition) is 3. The van der Waals surface area contributed by atoms with Crippen LogP contribution in [0.15, 0.2) is 23.8 Å². The number of carbonyl (C=O) groups excluding carboxylic acids is 3. The van der Waals surface area contributed by atoms with E-state index in [1.807, 2.05) is 22.6 Å². The van der Waals surface area contributed by atoms with E-state index in [0.717, 1.165) is 32.1 Å². The summed E-state index contributed by atoms with van der Waals surface area (Å²) >= 11 is 2.04. The van der Waals surface area contributed by atoms with E-state index < -0.39 is 18.2 Å². The van der Waals surface area contributed by atoms with Crippen molar-refractivity contribution in [2.45, 2.75) is 56.8 Å². The fourth-order valence-corrected chi connectivity index (χ4v) is 5.45. The Morgan fingerprint density at radius 3 is 2.58 bits per heavy atom. The number of aliphatic hydroxyl groups excluding tert-OH is 2. The summed E-state index contributed by atoms with van der Waals surface area (Å²) in [4.78, 5) is 39.4. The molecule has 0 radical (unpaired) electrons. The minimum atomic E-state index is -1.08. The van der Waals surface area contributed by atoms with E-state index in [9.17, 15) is 19.5 Å². The van der Waals surface area contributed by atoms with Gasteiger partial charge >= 0.3 is 0 Å². The minimum absolute atomic E-state index is 0.0372. The molecule has 0 spiro atoms. The maximum atomic E-state index is 13.4. The molecule has 3 unspecified atom stereocenters. The molecule has 0 aromatic heterocycles. The van der Waals surface area contributed by atoms with Crippen molar-refractivity contribution in [2.24, 2.45) is 11.8 Å². The molecule has 196 valence electrons. The Hall–Kier alpha value is -2.18. The Kier molecular flexibility index (Phi) is 8.89. The Morgan fingerprint density at radius 1 is 1.25 bits per heavy atom. The van der Waals surface area contributed by atoms with Crippen LogP contribution in [-0.2, 0) is 9.59 Å². The molecule has 0 saturated heterocycles. The summed E-state index contributed by atoms with van der Waals surface area (Å²) in [7, 11) is 1.46. The van der Waals surface area contributed by atoms with Crippen molar-refractivity contribution in [3.05, 3.63) is 32.9 Å². The maximum Gasteiger partial charge on any atom is 0.247 e. The highest BCUT2D eigenvalue weighted by molar-refractivity contribution is 14.1. The minimum Gasteiger partial charge on any atom is -0.493 e. The predicted octanol–water partition coefficient (Wildman–Crippen LogP) is 2.07. The monoisotopic (exact) mass is 612 g/mol. The van der Waals surface area contributed by atoms with Gasteiger partial charge in [0.25, 0.3) is 0 Å². The van der Waals surface area contributed by atoms with E-state index in [-0.39, 0.29) is 37.3 Å². The number of nitrogens with one attached hydrogen (secondary N) is 1. The van der Waals surface area contributed by atoms with Crippen molar-refractivity contribution in [2.75, 3.05) is 26.8 Å². The number of rotatable bonds is 11. The lowest BCUT2D eigenvalue weighted by molar-refractivity contribution is -0.145. The number of ether oxygens (including phenoxy) is 2. The molecule has 0 aliphatic heterocycles. The molecule has 1 aromatic rings. The highest BCUT2D eigenvalue weighted by atomic mass is 127. The van der Waals surface area contributed by atoms with Gasteiger partial charge in [-0.25, -0.2) is 0 Å². The van der Waals surface area contributed by atoms with Gasteiger partial charge in [-0.3, -0.25) is 14.4 Å². The first-order chi connectivity index (χ1) is 17.4. The molecule has 0 bridgehead atoms. The molecule has 3 N–H and O–H groups in total. The zero-order valence-corrected chi connectivity index (χ0v) is 22.5. The fraction of sp³-hybridized carbons (Fsp3) is 0.577. The van der Waals surface area contributed by atoms with Crippen LogP contribution in [0.1, 0.15) is 48.9 Å². The van der Waals surface area contributed by atoms with Crippen LogP contribution in [0.5, 0.6) is 11.5 Å². The third kappa shape index (κ3) is 6.03. The smallest absolute Gasteiger partial charge is 0.247 e. The van der Waals surface area contributed by atoms with Gasteiger partial charge in [-0.1, -0.05) is 6.42 Å². The second kappa shape index (κ2) is 11.9. The predicted molar refractivity (Wildman–Crippen MR) is 140 cm³/mol. The van der Waals surface area contributed by atoms with Crippen molar-refractivity contribution in [3.8, 4) is 11.5 Å². The van der Waals surface area contributed by atoms with E-state index >= 15 is 0 Å². The molecule has 3 aliphatic rings. The number of hydrogen-bond acceptors (Lipinski definition) is 7. The lowest BCUT2D eigenvalue weighted by atomic mass is 9.82. The Balaban J connectivity index is 1.67. The Bertz CT molecular complexity index is 1020. The number of halogens is 1. The van der Waals surface area contributed by atoms with Crippen molar-refractivity contribution in [3.63, 3.8) is 0 Å². The maximum absolute atomic E-state index is 13.4. The third-order valence-corrected chi connectivity index (χ3v) is 7.95. The van der Waals surface area contributed by atoms with E-state index in [4.69, 9.17) is 14.6 Å². The number of aliphatic hydroxyl groups is 2. The first kappa shape index (κ1) is 26.9. The largest absolute Gasteiger partial charge is 0.493 e. The van der Waals surface area contributed by atoms with Crippen LogP contribution >= 0.6 is 22.6 Å². The van der Waals surface area contributed by atoms with Gasteiger partial charge < -0.3 is 29.9 Å². The molecule has 9 nitrogen and oxygen atoms in total. The highest BCUT2D eigenvalue weighted by Crippen LogP contribution is 2.39. The van der Waals surface area contributed by atoms with Crippen LogP contribution in [0.4, 0.5) is 0 Å². The molecule has 0 heterocycles. The summed E-state index contributed by atoms with van der Waals surface area (Å²) in [5.74, 6) is 0.725. The van der Waals surface area contributed by atoms with Gasteiger partial charge in [0.05, 0.1) is 23.3 Å². The first-order valence-corrected chi connectivity index (χ1v) is 13.5. The van der Waals surface area contributed by atoms with Crippen LogP contribution in [0.2, 0.25) is 0 Å². The quantitative estimate of drug-likeness (QED) is 0.258. The fourth-order valence-electron chi connectivity index (χ4n) is 4.69. The molecular formula is C26H33IN2O7. The molecule has 10 heteroatoms. The summed E-state index contributed by atoms with van der Waals surface area (Å²) in [6.45, 7) is 0.461. The van der Waals surface area contributed by atoms with E-state index in [1.54, 1.807) is 23.1 Å². The second-order valence-corrected chi connectivity index (χ2v) is 10.9. The first-order valence-electron chi connectivity index (χ1n) is 12.4. The van der Waals surface area contributed by atoms with Crippen LogP contribution in [-0.4, -0.2) is 78.3 Å². The standard InChI is InChI=1S/C26H33IN2O7/c1-35-22-10-16(14-31)9-19(27)24(22)36-21-12-18(25(33)28-7-8-30)11-20(23(21)32)29(13-15-5-6-15)26(34)17-3-2-4-17/h9-10,12,14-15,17,20-21,23,30,32H,2-8,11,13H2,1H3,(H,28,33).